The highest BCUT2D eigenvalue weighted by molar-refractivity contribution is 7.57. The predicted molar refractivity (Wildman–Crippen MR) is 98.7 cm³/mol. The summed E-state index contributed by atoms with van der Waals surface area (Å²) in [6.07, 6.45) is -0.917. The molecule has 2 aromatic rings. The Morgan fingerprint density at radius 1 is 1.12 bits per heavy atom. The number of benzene rings is 2. The molecule has 2 aromatic carbocycles. The zero-order valence-electron chi connectivity index (χ0n) is 13.6. The molecule has 0 spiro atoms. The van der Waals surface area contributed by atoms with E-state index in [9.17, 15) is 14.6 Å². The average Bonchev–Trinajstić information content (AvgIpc) is 2.53. The van der Waals surface area contributed by atoms with Crippen LogP contribution < -0.4 is 5.32 Å². The molecule has 2 rings (SSSR count). The lowest BCUT2D eigenvalue weighted by Gasteiger charge is -2.20. The molecule has 0 saturated heterocycles. The highest BCUT2D eigenvalue weighted by atomic mass is 35.5. The van der Waals surface area contributed by atoms with Gasteiger partial charge in [-0.25, -0.2) is 0 Å². The molecule has 4 nitrogen and oxygen atoms in total. The van der Waals surface area contributed by atoms with Gasteiger partial charge in [-0.15, -0.1) is 0 Å². The number of nitrogens with one attached hydrogen (secondary N) is 1. The van der Waals surface area contributed by atoms with Crippen LogP contribution in [0.3, 0.4) is 0 Å². The van der Waals surface area contributed by atoms with Gasteiger partial charge in [-0.1, -0.05) is 54.1 Å². The maximum Gasteiger partial charge on any atom is 0.207 e. The monoisotopic (exact) mass is 367 g/mol. The van der Waals surface area contributed by atoms with E-state index in [1.165, 1.54) is 0 Å². The van der Waals surface area contributed by atoms with Crippen molar-refractivity contribution in [1.29, 1.82) is 0 Å². The fourth-order valence-electron chi connectivity index (χ4n) is 2.51. The van der Waals surface area contributed by atoms with Gasteiger partial charge in [0.2, 0.25) is 7.37 Å². The maximum atomic E-state index is 12.3. The first-order valence-electron chi connectivity index (χ1n) is 7.87. The van der Waals surface area contributed by atoms with E-state index in [4.69, 9.17) is 11.6 Å². The summed E-state index contributed by atoms with van der Waals surface area (Å²) in [5, 5.41) is 13.9. The molecule has 0 aliphatic carbocycles. The van der Waals surface area contributed by atoms with Gasteiger partial charge in [0, 0.05) is 23.8 Å². The Hall–Kier alpha value is -1.16. The zero-order chi connectivity index (χ0) is 17.6. The summed E-state index contributed by atoms with van der Waals surface area (Å²) in [5.74, 6) is 0. The van der Waals surface area contributed by atoms with Crippen molar-refractivity contribution in [3.63, 3.8) is 0 Å². The van der Waals surface area contributed by atoms with Gasteiger partial charge in [-0.05, 0) is 30.2 Å². The van der Waals surface area contributed by atoms with Gasteiger partial charge in [0.25, 0.3) is 0 Å². The second kappa shape index (κ2) is 8.80. The van der Waals surface area contributed by atoms with E-state index in [-0.39, 0.29) is 24.9 Å². The summed E-state index contributed by atoms with van der Waals surface area (Å²) in [4.78, 5) is 10.1. The number of aliphatic hydroxyl groups is 1. The largest absolute Gasteiger partial charge is 0.391 e. The van der Waals surface area contributed by atoms with Crippen LogP contribution in [0.4, 0.5) is 0 Å². The molecule has 0 amide bonds. The minimum atomic E-state index is -3.42. The van der Waals surface area contributed by atoms with Crippen molar-refractivity contribution in [2.75, 3.05) is 12.7 Å². The second-order valence-electron chi connectivity index (χ2n) is 6.01. The molecule has 3 atom stereocenters. The van der Waals surface area contributed by atoms with Crippen LogP contribution in [0, 0.1) is 0 Å². The van der Waals surface area contributed by atoms with Gasteiger partial charge < -0.3 is 15.3 Å². The molecule has 0 aliphatic heterocycles. The van der Waals surface area contributed by atoms with E-state index in [0.717, 1.165) is 11.1 Å². The van der Waals surface area contributed by atoms with Crippen LogP contribution in [0.2, 0.25) is 5.02 Å². The van der Waals surface area contributed by atoms with Crippen molar-refractivity contribution in [2.24, 2.45) is 0 Å². The molecule has 0 saturated carbocycles. The molecule has 0 fully saturated rings. The highest BCUT2D eigenvalue weighted by Crippen LogP contribution is 2.44. The maximum absolute atomic E-state index is 12.3. The van der Waals surface area contributed by atoms with Gasteiger partial charge in [0.1, 0.15) is 0 Å². The van der Waals surface area contributed by atoms with E-state index in [2.05, 4.69) is 5.32 Å². The predicted octanol–water partition coefficient (Wildman–Crippen LogP) is 3.82. The van der Waals surface area contributed by atoms with E-state index in [0.29, 0.717) is 5.02 Å². The number of halogens is 1. The molecule has 2 unspecified atom stereocenters. The summed E-state index contributed by atoms with van der Waals surface area (Å²) in [6.45, 7) is 2.22. The third-order valence-electron chi connectivity index (χ3n) is 3.80. The van der Waals surface area contributed by atoms with Crippen molar-refractivity contribution in [1.82, 2.24) is 5.32 Å². The van der Waals surface area contributed by atoms with Gasteiger partial charge in [0.05, 0.1) is 12.3 Å². The normalized spacial score (nSPS) is 16.3. The van der Waals surface area contributed by atoms with Crippen molar-refractivity contribution in [3.8, 4) is 0 Å². The van der Waals surface area contributed by atoms with Crippen molar-refractivity contribution < 1.29 is 14.6 Å². The Bertz CT molecular complexity index is 678. The fourth-order valence-corrected chi connectivity index (χ4v) is 4.33. The van der Waals surface area contributed by atoms with E-state index in [1.807, 2.05) is 61.5 Å². The van der Waals surface area contributed by atoms with Crippen LogP contribution in [0.15, 0.2) is 54.6 Å². The molecule has 0 heterocycles. The summed E-state index contributed by atoms with van der Waals surface area (Å²) in [7, 11) is -3.42. The minimum absolute atomic E-state index is 0.0177. The van der Waals surface area contributed by atoms with Crippen molar-refractivity contribution >= 4 is 19.0 Å². The molecular weight excluding hydrogens is 345 g/mol. The summed E-state index contributed by atoms with van der Waals surface area (Å²) in [6, 6.07) is 16.6. The Balaban J connectivity index is 1.82. The first-order chi connectivity index (χ1) is 11.4. The zero-order valence-corrected chi connectivity index (χ0v) is 15.3. The lowest BCUT2D eigenvalue weighted by atomic mass is 10.1. The first kappa shape index (κ1) is 19.2. The number of rotatable bonds is 8. The third kappa shape index (κ3) is 6.39. The minimum Gasteiger partial charge on any atom is -0.391 e. The second-order valence-corrected chi connectivity index (χ2v) is 8.82. The highest BCUT2D eigenvalue weighted by Gasteiger charge is 2.23. The number of hydrogen-bond donors (Lipinski definition) is 3. The van der Waals surface area contributed by atoms with Crippen LogP contribution in [0.5, 0.6) is 0 Å². The van der Waals surface area contributed by atoms with Crippen molar-refractivity contribution in [3.05, 3.63) is 70.7 Å². The van der Waals surface area contributed by atoms with Crippen LogP contribution >= 0.6 is 19.0 Å². The molecule has 24 heavy (non-hydrogen) atoms. The van der Waals surface area contributed by atoms with Crippen LogP contribution in [-0.4, -0.2) is 28.8 Å². The summed E-state index contributed by atoms with van der Waals surface area (Å²) >= 11 is 5.86. The van der Waals surface area contributed by atoms with Gasteiger partial charge in [0.15, 0.2) is 0 Å². The topological polar surface area (TPSA) is 69.6 Å². The molecule has 3 N–H and O–H groups in total. The Kier molecular flexibility index (Phi) is 7.02. The third-order valence-corrected chi connectivity index (χ3v) is 5.90. The average molecular weight is 368 g/mol. The lowest BCUT2D eigenvalue weighted by Crippen LogP contribution is -2.31. The summed E-state index contributed by atoms with van der Waals surface area (Å²) in [5.41, 5.74) is 1.85. The number of aliphatic hydroxyl groups excluding tert-OH is 1. The van der Waals surface area contributed by atoms with Gasteiger partial charge in [-0.3, -0.25) is 4.57 Å². The molecular formula is C18H23ClNO3P. The van der Waals surface area contributed by atoms with Crippen LogP contribution in [-0.2, 0) is 10.7 Å². The van der Waals surface area contributed by atoms with Gasteiger partial charge >= 0.3 is 0 Å². The lowest BCUT2D eigenvalue weighted by molar-refractivity contribution is 0.186. The van der Waals surface area contributed by atoms with Crippen molar-refractivity contribution in [2.45, 2.75) is 25.2 Å². The Labute approximate surface area is 147 Å². The molecule has 0 bridgehead atoms. The fraction of sp³-hybridized carbons (Fsp3) is 0.333. The van der Waals surface area contributed by atoms with Gasteiger partial charge in [-0.2, -0.15) is 0 Å². The molecule has 0 radical (unpaired) electrons. The molecule has 6 heteroatoms. The Morgan fingerprint density at radius 3 is 2.38 bits per heavy atom. The number of hydrogen-bond acceptors (Lipinski definition) is 3. The molecule has 130 valence electrons. The standard InChI is InChI=1S/C18H23ClNO3P/c1-14(16-7-9-17(19)10-8-16)20-11-18(21)13-24(22,23)12-15-5-3-2-4-6-15/h2-10,14,18,20-21H,11-13H2,1H3,(H,22,23)/t14?,18-/m1/s1. The van der Waals surface area contributed by atoms with Crippen LogP contribution in [0.1, 0.15) is 24.1 Å². The van der Waals surface area contributed by atoms with E-state index >= 15 is 0 Å². The molecule has 0 aliphatic rings. The van der Waals surface area contributed by atoms with E-state index < -0.39 is 13.5 Å². The first-order valence-corrected chi connectivity index (χ1v) is 10.3. The van der Waals surface area contributed by atoms with Crippen LogP contribution in [0.25, 0.3) is 0 Å². The summed E-state index contributed by atoms with van der Waals surface area (Å²) < 4.78 is 12.3. The Morgan fingerprint density at radius 2 is 1.75 bits per heavy atom. The quantitative estimate of drug-likeness (QED) is 0.620. The smallest absolute Gasteiger partial charge is 0.207 e. The molecule has 0 aromatic heterocycles. The SMILES string of the molecule is CC(NC[C@@H](O)CP(=O)(O)Cc1ccccc1)c1ccc(Cl)cc1. The van der Waals surface area contributed by atoms with E-state index in [1.54, 1.807) is 0 Å².